The Hall–Kier alpha value is -1.21. The summed E-state index contributed by atoms with van der Waals surface area (Å²) in [6.45, 7) is 2.29. The van der Waals surface area contributed by atoms with Gasteiger partial charge in [-0.25, -0.2) is 0 Å². The molecule has 1 aliphatic carbocycles. The first kappa shape index (κ1) is 20.5. The van der Waals surface area contributed by atoms with Crippen LogP contribution in [0.3, 0.4) is 0 Å². The van der Waals surface area contributed by atoms with Crippen LogP contribution in [0.1, 0.15) is 88.2 Å². The van der Waals surface area contributed by atoms with Crippen molar-refractivity contribution in [3.05, 3.63) is 65.7 Å². The van der Waals surface area contributed by atoms with E-state index in [0.29, 0.717) is 0 Å². The van der Waals surface area contributed by atoms with Crippen LogP contribution in [-0.4, -0.2) is 5.25 Å². The second kappa shape index (κ2) is 11.6. The molecule has 0 amide bonds. The Balaban J connectivity index is 1.38. The third-order valence-corrected chi connectivity index (χ3v) is 7.34. The summed E-state index contributed by atoms with van der Waals surface area (Å²) < 4.78 is 0. The minimum Gasteiger partial charge on any atom is -0.123 e. The zero-order chi connectivity index (χ0) is 18.7. The molecule has 27 heavy (non-hydrogen) atoms. The van der Waals surface area contributed by atoms with Gasteiger partial charge in [0.1, 0.15) is 0 Å². The van der Waals surface area contributed by atoms with E-state index in [-0.39, 0.29) is 0 Å². The van der Waals surface area contributed by atoms with Gasteiger partial charge in [0, 0.05) is 10.1 Å². The minimum absolute atomic E-state index is 0.778. The van der Waals surface area contributed by atoms with Gasteiger partial charge in [0.2, 0.25) is 0 Å². The molecule has 0 spiro atoms. The van der Waals surface area contributed by atoms with Crippen LogP contribution in [0, 0.1) is 0 Å². The van der Waals surface area contributed by atoms with Crippen molar-refractivity contribution in [1.82, 2.24) is 0 Å². The molecule has 0 bridgehead atoms. The number of benzene rings is 2. The van der Waals surface area contributed by atoms with Crippen molar-refractivity contribution in [3.8, 4) is 0 Å². The Labute approximate surface area is 171 Å². The highest BCUT2D eigenvalue weighted by molar-refractivity contribution is 8.00. The van der Waals surface area contributed by atoms with Gasteiger partial charge in [-0.3, -0.25) is 0 Å². The van der Waals surface area contributed by atoms with E-state index in [1.54, 1.807) is 5.56 Å². The van der Waals surface area contributed by atoms with Gasteiger partial charge in [0.25, 0.3) is 0 Å². The Kier molecular flexibility index (Phi) is 8.81. The van der Waals surface area contributed by atoms with Crippen molar-refractivity contribution in [2.45, 2.75) is 93.6 Å². The van der Waals surface area contributed by atoms with Crippen molar-refractivity contribution in [2.24, 2.45) is 0 Å². The van der Waals surface area contributed by atoms with E-state index >= 15 is 0 Å². The monoisotopic (exact) mass is 380 g/mol. The number of hydrogen-bond donors (Lipinski definition) is 0. The molecule has 1 saturated carbocycles. The molecular weight excluding hydrogens is 344 g/mol. The molecule has 2 aromatic carbocycles. The van der Waals surface area contributed by atoms with Gasteiger partial charge >= 0.3 is 0 Å². The lowest BCUT2D eigenvalue weighted by Crippen LogP contribution is -2.15. The van der Waals surface area contributed by atoms with Gasteiger partial charge in [-0.15, -0.1) is 11.8 Å². The predicted octanol–water partition coefficient (Wildman–Crippen LogP) is 8.41. The van der Waals surface area contributed by atoms with Crippen LogP contribution in [0.5, 0.6) is 0 Å². The van der Waals surface area contributed by atoms with Crippen molar-refractivity contribution in [3.63, 3.8) is 0 Å². The van der Waals surface area contributed by atoms with Crippen LogP contribution in [0.15, 0.2) is 59.5 Å². The summed E-state index contributed by atoms with van der Waals surface area (Å²) in [6, 6.07) is 20.5. The van der Waals surface area contributed by atoms with Crippen LogP contribution >= 0.6 is 11.8 Å². The first-order valence-electron chi connectivity index (χ1n) is 11.2. The van der Waals surface area contributed by atoms with Crippen molar-refractivity contribution in [2.75, 3.05) is 0 Å². The zero-order valence-electron chi connectivity index (χ0n) is 17.0. The highest BCUT2D eigenvalue weighted by Gasteiger charge is 2.22. The molecule has 2 aromatic rings. The Morgan fingerprint density at radius 1 is 0.741 bits per heavy atom. The normalized spacial score (nSPS) is 19.9. The molecule has 0 saturated heterocycles. The summed E-state index contributed by atoms with van der Waals surface area (Å²) in [5, 5.41) is 0.802. The summed E-state index contributed by atoms with van der Waals surface area (Å²) >= 11 is 2.08. The van der Waals surface area contributed by atoms with E-state index in [4.69, 9.17) is 0 Å². The number of aryl methyl sites for hydroxylation is 1. The quantitative estimate of drug-likeness (QED) is 0.373. The number of unbranched alkanes of at least 4 members (excludes halogenated alkanes) is 5. The van der Waals surface area contributed by atoms with Gasteiger partial charge in [-0.2, -0.15) is 0 Å². The van der Waals surface area contributed by atoms with E-state index < -0.39 is 0 Å². The molecule has 3 rings (SSSR count). The van der Waals surface area contributed by atoms with Crippen molar-refractivity contribution < 1.29 is 0 Å². The molecule has 0 N–H and O–H groups in total. The third-order valence-electron chi connectivity index (χ3n) is 5.99. The van der Waals surface area contributed by atoms with Gasteiger partial charge < -0.3 is 0 Å². The molecule has 0 atom stereocenters. The second-order valence-electron chi connectivity index (χ2n) is 8.16. The predicted molar refractivity (Wildman–Crippen MR) is 121 cm³/mol. The van der Waals surface area contributed by atoms with Gasteiger partial charge in [0.15, 0.2) is 0 Å². The molecule has 0 nitrogen and oxygen atoms in total. The maximum atomic E-state index is 2.42. The molecule has 1 fully saturated rings. The van der Waals surface area contributed by atoms with Crippen LogP contribution in [-0.2, 0) is 6.42 Å². The summed E-state index contributed by atoms with van der Waals surface area (Å²) in [7, 11) is 0. The molecule has 0 unspecified atom stereocenters. The third kappa shape index (κ3) is 7.03. The van der Waals surface area contributed by atoms with Gasteiger partial charge in [0.05, 0.1) is 0 Å². The average Bonchev–Trinajstić information content (AvgIpc) is 2.72. The van der Waals surface area contributed by atoms with E-state index in [9.17, 15) is 0 Å². The van der Waals surface area contributed by atoms with E-state index in [0.717, 1.165) is 11.2 Å². The van der Waals surface area contributed by atoms with Crippen LogP contribution in [0.2, 0.25) is 0 Å². The smallest absolute Gasteiger partial charge is 0.00948 e. The lowest BCUT2D eigenvalue weighted by molar-refractivity contribution is 0.453. The number of rotatable bonds is 10. The van der Waals surface area contributed by atoms with Crippen LogP contribution in [0.25, 0.3) is 0 Å². The van der Waals surface area contributed by atoms with Gasteiger partial charge in [-0.1, -0.05) is 81.5 Å². The SMILES string of the molecule is CCCCCCCCc1ccc(C2CCC(Sc3ccccc3)CC2)cc1. The number of thioether (sulfide) groups is 1. The molecule has 0 aliphatic heterocycles. The van der Waals surface area contributed by atoms with Gasteiger partial charge in [-0.05, 0) is 67.7 Å². The van der Waals surface area contributed by atoms with E-state index in [2.05, 4.69) is 73.3 Å². The molecule has 0 aromatic heterocycles. The van der Waals surface area contributed by atoms with Crippen LogP contribution < -0.4 is 0 Å². The zero-order valence-corrected chi connectivity index (χ0v) is 17.9. The van der Waals surface area contributed by atoms with E-state index in [1.165, 1.54) is 81.1 Å². The molecule has 1 heteroatoms. The fourth-order valence-electron chi connectivity index (χ4n) is 4.27. The van der Waals surface area contributed by atoms with Crippen molar-refractivity contribution in [1.29, 1.82) is 0 Å². The average molecular weight is 381 g/mol. The standard InChI is InChI=1S/C26H36S/c1-2-3-4-5-6-8-11-22-14-16-23(17-15-22)24-18-20-26(21-19-24)27-25-12-9-7-10-13-25/h7,9-10,12-17,24,26H,2-6,8,11,18-21H2,1H3. The maximum absolute atomic E-state index is 2.42. The minimum atomic E-state index is 0.778. The topological polar surface area (TPSA) is 0 Å². The summed E-state index contributed by atoms with van der Waals surface area (Å²) in [5.74, 6) is 0.778. The largest absolute Gasteiger partial charge is 0.123 e. The fraction of sp³-hybridized carbons (Fsp3) is 0.538. The Bertz CT molecular complexity index is 623. The number of hydrogen-bond acceptors (Lipinski definition) is 1. The first-order valence-corrected chi connectivity index (χ1v) is 12.0. The highest BCUT2D eigenvalue weighted by atomic mass is 32.2. The molecule has 1 aliphatic rings. The summed E-state index contributed by atoms with van der Waals surface area (Å²) in [5.41, 5.74) is 3.10. The highest BCUT2D eigenvalue weighted by Crippen LogP contribution is 2.39. The lowest BCUT2D eigenvalue weighted by atomic mass is 9.83. The molecule has 146 valence electrons. The maximum Gasteiger partial charge on any atom is 0.00948 e. The van der Waals surface area contributed by atoms with E-state index in [1.807, 2.05) is 0 Å². The Morgan fingerprint density at radius 3 is 2.11 bits per heavy atom. The molecule has 0 heterocycles. The lowest BCUT2D eigenvalue weighted by Gasteiger charge is -2.28. The summed E-state index contributed by atoms with van der Waals surface area (Å²) in [6.07, 6.45) is 15.0. The summed E-state index contributed by atoms with van der Waals surface area (Å²) in [4.78, 5) is 1.43. The molecule has 0 radical (unpaired) electrons. The Morgan fingerprint density at radius 2 is 1.41 bits per heavy atom. The molecular formula is C26H36S. The fourth-order valence-corrected chi connectivity index (χ4v) is 5.48. The van der Waals surface area contributed by atoms with Crippen LogP contribution in [0.4, 0.5) is 0 Å². The first-order chi connectivity index (χ1) is 13.3. The van der Waals surface area contributed by atoms with Crippen molar-refractivity contribution >= 4 is 11.8 Å². The second-order valence-corrected chi connectivity index (χ2v) is 9.54.